The van der Waals surface area contributed by atoms with Crippen LogP contribution < -0.4 is 5.73 Å². The molecule has 1 unspecified atom stereocenters. The highest BCUT2D eigenvalue weighted by atomic mass is 32.2. The van der Waals surface area contributed by atoms with Gasteiger partial charge in [-0.1, -0.05) is 6.42 Å². The molecular weight excluding hydrogens is 262 g/mol. The van der Waals surface area contributed by atoms with E-state index in [-0.39, 0.29) is 5.82 Å². The van der Waals surface area contributed by atoms with Gasteiger partial charge >= 0.3 is 5.97 Å². The van der Waals surface area contributed by atoms with E-state index in [0.29, 0.717) is 23.1 Å². The molecule has 19 heavy (non-hydrogen) atoms. The average molecular weight is 281 g/mol. The van der Waals surface area contributed by atoms with Crippen LogP contribution in [0.5, 0.6) is 0 Å². The summed E-state index contributed by atoms with van der Waals surface area (Å²) in [6, 6.07) is 0. The molecule has 0 bridgehead atoms. The summed E-state index contributed by atoms with van der Waals surface area (Å²) in [6.07, 6.45) is 3.51. The molecule has 104 valence electrons. The number of hydrogen-bond acceptors (Lipinski definition) is 6. The zero-order valence-electron chi connectivity index (χ0n) is 11.3. The number of nitrogen functional groups attached to an aromatic ring is 1. The van der Waals surface area contributed by atoms with Crippen molar-refractivity contribution >= 4 is 23.5 Å². The first-order chi connectivity index (χ1) is 9.13. The van der Waals surface area contributed by atoms with Gasteiger partial charge in [-0.2, -0.15) is 11.8 Å². The number of thioether (sulfide) groups is 1. The van der Waals surface area contributed by atoms with Crippen LogP contribution in [-0.2, 0) is 4.74 Å². The standard InChI is InChI=1S/C13H19N3O2S/c1-3-18-13(17)10-8(2)15-12(16-11(10)14)9-6-4-5-7-19-9/h9H,3-7H2,1-2H3,(H2,14,15,16). The predicted octanol–water partition coefficient (Wildman–Crippen LogP) is 2.50. The van der Waals surface area contributed by atoms with E-state index < -0.39 is 5.97 Å². The van der Waals surface area contributed by atoms with Gasteiger partial charge in [-0.3, -0.25) is 0 Å². The molecule has 1 aromatic rings. The van der Waals surface area contributed by atoms with Crippen LogP contribution in [0.1, 0.15) is 53.3 Å². The number of aromatic nitrogens is 2. The van der Waals surface area contributed by atoms with E-state index in [2.05, 4.69) is 9.97 Å². The summed E-state index contributed by atoms with van der Waals surface area (Å²) < 4.78 is 4.97. The Labute approximate surface area is 117 Å². The van der Waals surface area contributed by atoms with Gasteiger partial charge in [-0.25, -0.2) is 14.8 Å². The summed E-state index contributed by atoms with van der Waals surface area (Å²) >= 11 is 1.86. The van der Waals surface area contributed by atoms with E-state index in [1.54, 1.807) is 13.8 Å². The summed E-state index contributed by atoms with van der Waals surface area (Å²) in [5, 5.41) is 0.297. The molecule has 2 heterocycles. The quantitative estimate of drug-likeness (QED) is 0.858. The van der Waals surface area contributed by atoms with E-state index >= 15 is 0 Å². The Morgan fingerprint density at radius 3 is 2.84 bits per heavy atom. The molecule has 0 spiro atoms. The second kappa shape index (κ2) is 6.23. The molecule has 0 saturated carbocycles. The van der Waals surface area contributed by atoms with Crippen molar-refractivity contribution in [1.29, 1.82) is 0 Å². The van der Waals surface area contributed by atoms with Crippen molar-refractivity contribution < 1.29 is 9.53 Å². The number of esters is 1. The maximum atomic E-state index is 11.8. The lowest BCUT2D eigenvalue weighted by atomic mass is 10.1. The summed E-state index contributed by atoms with van der Waals surface area (Å²) in [6.45, 7) is 3.86. The minimum atomic E-state index is -0.444. The molecule has 0 radical (unpaired) electrons. The molecule has 0 aromatic carbocycles. The number of nitrogens with two attached hydrogens (primary N) is 1. The first kappa shape index (κ1) is 14.1. The minimum Gasteiger partial charge on any atom is -0.462 e. The normalized spacial score (nSPS) is 19.2. The Bertz CT molecular complexity index is 450. The lowest BCUT2D eigenvalue weighted by molar-refractivity contribution is 0.0525. The molecule has 1 aromatic heterocycles. The minimum absolute atomic E-state index is 0.229. The number of ether oxygens (including phenoxy) is 1. The van der Waals surface area contributed by atoms with Crippen molar-refractivity contribution in [1.82, 2.24) is 9.97 Å². The van der Waals surface area contributed by atoms with Gasteiger partial charge < -0.3 is 10.5 Å². The van der Waals surface area contributed by atoms with Gasteiger partial charge in [0.25, 0.3) is 0 Å². The van der Waals surface area contributed by atoms with Crippen molar-refractivity contribution in [3.63, 3.8) is 0 Å². The van der Waals surface area contributed by atoms with Gasteiger partial charge in [0.2, 0.25) is 0 Å². The number of carbonyl (C=O) groups is 1. The molecule has 1 fully saturated rings. The maximum absolute atomic E-state index is 11.8. The number of carbonyl (C=O) groups excluding carboxylic acids is 1. The number of aryl methyl sites for hydroxylation is 1. The highest BCUT2D eigenvalue weighted by Crippen LogP contribution is 2.37. The summed E-state index contributed by atoms with van der Waals surface area (Å²) in [7, 11) is 0. The summed E-state index contributed by atoms with van der Waals surface area (Å²) in [5.74, 6) is 1.66. The van der Waals surface area contributed by atoms with Gasteiger partial charge in [-0.15, -0.1) is 0 Å². The molecule has 0 aliphatic carbocycles. The van der Waals surface area contributed by atoms with Crippen molar-refractivity contribution in [2.24, 2.45) is 0 Å². The lowest BCUT2D eigenvalue weighted by Crippen LogP contribution is -2.16. The summed E-state index contributed by atoms with van der Waals surface area (Å²) in [5.41, 5.74) is 6.80. The Morgan fingerprint density at radius 1 is 1.47 bits per heavy atom. The fraction of sp³-hybridized carbons (Fsp3) is 0.615. The summed E-state index contributed by atoms with van der Waals surface area (Å²) in [4.78, 5) is 20.5. The molecule has 1 atom stereocenters. The zero-order chi connectivity index (χ0) is 13.8. The van der Waals surface area contributed by atoms with Crippen LogP contribution in [-0.4, -0.2) is 28.3 Å². The van der Waals surface area contributed by atoms with Crippen molar-refractivity contribution in [3.8, 4) is 0 Å². The highest BCUT2D eigenvalue weighted by Gasteiger charge is 2.23. The van der Waals surface area contributed by atoms with Crippen molar-refractivity contribution in [3.05, 3.63) is 17.1 Å². The second-order valence-electron chi connectivity index (χ2n) is 4.50. The molecular formula is C13H19N3O2S. The van der Waals surface area contributed by atoms with Crippen LogP contribution in [0.15, 0.2) is 0 Å². The van der Waals surface area contributed by atoms with Gasteiger partial charge in [0, 0.05) is 0 Å². The Morgan fingerprint density at radius 2 is 2.26 bits per heavy atom. The number of anilines is 1. The maximum Gasteiger partial charge on any atom is 0.343 e. The Hall–Kier alpha value is -1.30. The number of hydrogen-bond donors (Lipinski definition) is 1. The molecule has 2 rings (SSSR count). The van der Waals surface area contributed by atoms with Crippen molar-refractivity contribution in [2.45, 2.75) is 38.4 Å². The van der Waals surface area contributed by atoms with Gasteiger partial charge in [0.15, 0.2) is 0 Å². The topological polar surface area (TPSA) is 78.1 Å². The largest absolute Gasteiger partial charge is 0.462 e. The van der Waals surface area contributed by atoms with Gasteiger partial charge in [0.1, 0.15) is 17.2 Å². The van der Waals surface area contributed by atoms with Crippen LogP contribution in [0, 0.1) is 6.92 Å². The smallest absolute Gasteiger partial charge is 0.343 e. The monoisotopic (exact) mass is 281 g/mol. The predicted molar refractivity (Wildman–Crippen MR) is 76.2 cm³/mol. The van der Waals surface area contributed by atoms with Crippen LogP contribution >= 0.6 is 11.8 Å². The van der Waals surface area contributed by atoms with E-state index in [1.807, 2.05) is 11.8 Å². The third kappa shape index (κ3) is 3.18. The van der Waals surface area contributed by atoms with E-state index in [4.69, 9.17) is 10.5 Å². The third-order valence-corrected chi connectivity index (χ3v) is 4.46. The number of nitrogens with zero attached hydrogens (tertiary/aromatic N) is 2. The van der Waals surface area contributed by atoms with Crippen LogP contribution in [0.4, 0.5) is 5.82 Å². The first-order valence-electron chi connectivity index (χ1n) is 6.56. The molecule has 1 aliphatic heterocycles. The fourth-order valence-electron chi connectivity index (χ4n) is 2.16. The number of rotatable bonds is 3. The molecule has 2 N–H and O–H groups in total. The highest BCUT2D eigenvalue weighted by molar-refractivity contribution is 7.99. The molecule has 1 aliphatic rings. The van der Waals surface area contributed by atoms with Crippen LogP contribution in [0.3, 0.4) is 0 Å². The fourth-order valence-corrected chi connectivity index (χ4v) is 3.40. The van der Waals surface area contributed by atoms with Crippen LogP contribution in [0.2, 0.25) is 0 Å². The van der Waals surface area contributed by atoms with E-state index in [9.17, 15) is 4.79 Å². The SMILES string of the molecule is CCOC(=O)c1c(C)nc(C2CCCCS2)nc1N. The molecule has 1 saturated heterocycles. The molecule has 5 nitrogen and oxygen atoms in total. The second-order valence-corrected chi connectivity index (χ2v) is 5.81. The lowest BCUT2D eigenvalue weighted by Gasteiger charge is -2.21. The van der Waals surface area contributed by atoms with E-state index in [0.717, 1.165) is 18.0 Å². The molecule has 0 amide bonds. The Kier molecular flexibility index (Phi) is 4.63. The van der Waals surface area contributed by atoms with Gasteiger partial charge in [-0.05, 0) is 32.4 Å². The van der Waals surface area contributed by atoms with Gasteiger partial charge in [0.05, 0.1) is 17.6 Å². The zero-order valence-corrected chi connectivity index (χ0v) is 12.1. The average Bonchev–Trinajstić information content (AvgIpc) is 2.39. The molecule has 6 heteroatoms. The Balaban J connectivity index is 2.27. The third-order valence-electron chi connectivity index (χ3n) is 3.08. The van der Waals surface area contributed by atoms with Crippen molar-refractivity contribution in [2.75, 3.05) is 18.1 Å². The first-order valence-corrected chi connectivity index (χ1v) is 7.61. The van der Waals surface area contributed by atoms with E-state index in [1.165, 1.54) is 12.8 Å². The van der Waals surface area contributed by atoms with Crippen LogP contribution in [0.25, 0.3) is 0 Å².